The summed E-state index contributed by atoms with van der Waals surface area (Å²) in [6.45, 7) is 0. The molecular weight excluding hydrogens is 243 g/mol. The summed E-state index contributed by atoms with van der Waals surface area (Å²) < 4.78 is 0. The Kier molecular flexibility index (Phi) is 3.99. The van der Waals surface area contributed by atoms with Crippen LogP contribution in [0.3, 0.4) is 0 Å². The lowest BCUT2D eigenvalue weighted by Crippen LogP contribution is -2.32. The summed E-state index contributed by atoms with van der Waals surface area (Å²) in [4.78, 5) is 10.9. The largest absolute Gasteiger partial charge is 0.488 e. The van der Waals surface area contributed by atoms with E-state index < -0.39 is 13.1 Å². The van der Waals surface area contributed by atoms with Crippen LogP contribution in [0.15, 0.2) is 48.5 Å². The molecule has 0 fully saturated rings. The van der Waals surface area contributed by atoms with Gasteiger partial charge in [0, 0.05) is 0 Å². The first-order chi connectivity index (χ1) is 9.08. The molecule has 0 amide bonds. The van der Waals surface area contributed by atoms with Crippen LogP contribution in [0.5, 0.6) is 0 Å². The van der Waals surface area contributed by atoms with Crippen molar-refractivity contribution in [2.75, 3.05) is 0 Å². The van der Waals surface area contributed by atoms with Gasteiger partial charge in [0.1, 0.15) is 0 Å². The van der Waals surface area contributed by atoms with Gasteiger partial charge in [-0.05, 0) is 35.1 Å². The molecule has 0 aromatic heterocycles. The third-order valence-corrected chi connectivity index (χ3v) is 2.90. The topological polar surface area (TPSA) is 77.8 Å². The third-order valence-electron chi connectivity index (χ3n) is 2.90. The number of rotatable bonds is 4. The van der Waals surface area contributed by atoms with Crippen LogP contribution in [0.25, 0.3) is 0 Å². The highest BCUT2D eigenvalue weighted by Gasteiger charge is 2.15. The highest BCUT2D eigenvalue weighted by molar-refractivity contribution is 6.59. The van der Waals surface area contributed by atoms with Crippen LogP contribution in [-0.2, 0) is 6.42 Å². The van der Waals surface area contributed by atoms with Crippen molar-refractivity contribution in [1.29, 1.82) is 0 Å². The van der Waals surface area contributed by atoms with Crippen molar-refractivity contribution < 1.29 is 19.9 Å². The fourth-order valence-corrected chi connectivity index (χ4v) is 1.98. The average molecular weight is 256 g/mol. The Labute approximate surface area is 111 Å². The zero-order valence-electron chi connectivity index (χ0n) is 10.2. The quantitative estimate of drug-likeness (QED) is 0.702. The Bertz CT molecular complexity index is 596. The predicted octanol–water partition coefficient (Wildman–Crippen LogP) is 0.655. The van der Waals surface area contributed by atoms with E-state index in [9.17, 15) is 14.8 Å². The van der Waals surface area contributed by atoms with Crippen molar-refractivity contribution in [1.82, 2.24) is 0 Å². The van der Waals surface area contributed by atoms with Crippen LogP contribution in [0.2, 0.25) is 0 Å². The van der Waals surface area contributed by atoms with Gasteiger partial charge in [-0.15, -0.1) is 0 Å². The number of carboxylic acid groups (broad SMARTS) is 1. The second-order valence-corrected chi connectivity index (χ2v) is 4.25. The van der Waals surface area contributed by atoms with Crippen molar-refractivity contribution in [2.45, 2.75) is 6.42 Å². The van der Waals surface area contributed by atoms with Gasteiger partial charge in [-0.25, -0.2) is 4.79 Å². The fourth-order valence-electron chi connectivity index (χ4n) is 1.98. The van der Waals surface area contributed by atoms with E-state index >= 15 is 0 Å². The number of hydrogen-bond donors (Lipinski definition) is 3. The van der Waals surface area contributed by atoms with E-state index in [1.165, 1.54) is 6.07 Å². The molecule has 5 heteroatoms. The monoisotopic (exact) mass is 256 g/mol. The van der Waals surface area contributed by atoms with Crippen LogP contribution in [0.4, 0.5) is 0 Å². The Morgan fingerprint density at radius 2 is 1.79 bits per heavy atom. The molecule has 96 valence electrons. The predicted molar refractivity (Wildman–Crippen MR) is 72.5 cm³/mol. The molecule has 3 N–H and O–H groups in total. The summed E-state index contributed by atoms with van der Waals surface area (Å²) in [7, 11) is -1.53. The minimum absolute atomic E-state index is 0.222. The fraction of sp³-hybridized carbons (Fsp3) is 0.0714. The zero-order chi connectivity index (χ0) is 13.8. The van der Waals surface area contributed by atoms with Gasteiger partial charge in [0.2, 0.25) is 0 Å². The molecule has 2 aromatic carbocycles. The molecule has 0 heterocycles. The maximum absolute atomic E-state index is 10.9. The maximum atomic E-state index is 10.9. The molecule has 0 aliphatic heterocycles. The molecule has 4 nitrogen and oxygen atoms in total. The Morgan fingerprint density at radius 1 is 1.05 bits per heavy atom. The summed E-state index contributed by atoms with van der Waals surface area (Å²) >= 11 is 0. The van der Waals surface area contributed by atoms with E-state index in [4.69, 9.17) is 5.11 Å². The van der Waals surface area contributed by atoms with Crippen LogP contribution in [0, 0.1) is 0 Å². The van der Waals surface area contributed by atoms with Crippen LogP contribution in [-0.4, -0.2) is 28.2 Å². The molecule has 19 heavy (non-hydrogen) atoms. The molecule has 0 saturated carbocycles. The van der Waals surface area contributed by atoms with Crippen molar-refractivity contribution in [2.24, 2.45) is 0 Å². The molecule has 0 atom stereocenters. The van der Waals surface area contributed by atoms with E-state index in [2.05, 4.69) is 0 Å². The van der Waals surface area contributed by atoms with Gasteiger partial charge in [0.25, 0.3) is 0 Å². The van der Waals surface area contributed by atoms with Gasteiger partial charge in [0.15, 0.2) is 0 Å². The molecular formula is C14H13BO4. The van der Waals surface area contributed by atoms with Gasteiger partial charge in [-0.1, -0.05) is 36.4 Å². The smallest absolute Gasteiger partial charge is 0.478 e. The molecule has 0 saturated heterocycles. The van der Waals surface area contributed by atoms with E-state index in [1.807, 2.05) is 12.1 Å². The molecule has 2 aromatic rings. The van der Waals surface area contributed by atoms with Gasteiger partial charge in [-0.2, -0.15) is 0 Å². The van der Waals surface area contributed by atoms with Crippen molar-refractivity contribution in [3.05, 3.63) is 65.2 Å². The zero-order valence-corrected chi connectivity index (χ0v) is 10.2. The van der Waals surface area contributed by atoms with Gasteiger partial charge in [0.05, 0.1) is 5.56 Å². The Hall–Kier alpha value is -2.11. The first-order valence-corrected chi connectivity index (χ1v) is 5.84. The first kappa shape index (κ1) is 13.3. The lowest BCUT2D eigenvalue weighted by molar-refractivity contribution is 0.0696. The lowest BCUT2D eigenvalue weighted by Gasteiger charge is -2.09. The van der Waals surface area contributed by atoms with E-state index in [1.54, 1.807) is 30.3 Å². The molecule has 2 rings (SSSR count). The minimum Gasteiger partial charge on any atom is -0.478 e. The molecule has 0 bridgehead atoms. The second kappa shape index (κ2) is 5.69. The van der Waals surface area contributed by atoms with E-state index in [0.29, 0.717) is 11.9 Å². The first-order valence-electron chi connectivity index (χ1n) is 5.84. The third kappa shape index (κ3) is 3.22. The van der Waals surface area contributed by atoms with Crippen LogP contribution >= 0.6 is 0 Å². The SMILES string of the molecule is O=C(O)c1cccc(Cc2ccccc2B(O)O)c1. The molecule has 0 aliphatic rings. The van der Waals surface area contributed by atoms with Gasteiger partial charge < -0.3 is 15.2 Å². The standard InChI is InChI=1S/C14H13BO4/c16-14(17)12-6-3-4-10(9-12)8-11-5-1-2-7-13(11)15(18)19/h1-7,9,18-19H,8H2,(H,16,17). The Morgan fingerprint density at radius 3 is 2.47 bits per heavy atom. The van der Waals surface area contributed by atoms with Gasteiger partial charge in [-0.3, -0.25) is 0 Å². The number of carboxylic acids is 1. The molecule has 0 radical (unpaired) electrons. The number of carbonyl (C=O) groups is 1. The normalized spacial score (nSPS) is 10.2. The van der Waals surface area contributed by atoms with Crippen LogP contribution < -0.4 is 5.46 Å². The van der Waals surface area contributed by atoms with Crippen molar-refractivity contribution >= 4 is 18.6 Å². The minimum atomic E-state index is -1.53. The summed E-state index contributed by atoms with van der Waals surface area (Å²) in [5.74, 6) is -0.975. The molecule has 0 aliphatic carbocycles. The van der Waals surface area contributed by atoms with E-state index in [0.717, 1.165) is 11.1 Å². The summed E-state index contributed by atoms with van der Waals surface area (Å²) in [5.41, 5.74) is 2.23. The molecule has 0 unspecified atom stereocenters. The highest BCUT2D eigenvalue weighted by atomic mass is 16.4. The van der Waals surface area contributed by atoms with Crippen molar-refractivity contribution in [3.8, 4) is 0 Å². The summed E-state index contributed by atoms with van der Waals surface area (Å²) in [6, 6.07) is 13.6. The number of aromatic carboxylic acids is 1. The van der Waals surface area contributed by atoms with Crippen molar-refractivity contribution in [3.63, 3.8) is 0 Å². The van der Waals surface area contributed by atoms with E-state index in [-0.39, 0.29) is 5.56 Å². The summed E-state index contributed by atoms with van der Waals surface area (Å²) in [5, 5.41) is 27.5. The average Bonchev–Trinajstić information content (AvgIpc) is 2.39. The van der Waals surface area contributed by atoms with Crippen LogP contribution in [0.1, 0.15) is 21.5 Å². The highest BCUT2D eigenvalue weighted by Crippen LogP contribution is 2.11. The number of benzene rings is 2. The second-order valence-electron chi connectivity index (χ2n) is 4.25. The molecule has 0 spiro atoms. The Balaban J connectivity index is 2.31. The number of hydrogen-bond acceptors (Lipinski definition) is 3. The van der Waals surface area contributed by atoms with Gasteiger partial charge >= 0.3 is 13.1 Å². The lowest BCUT2D eigenvalue weighted by atomic mass is 9.76. The maximum Gasteiger partial charge on any atom is 0.488 e. The summed E-state index contributed by atoms with van der Waals surface area (Å²) in [6.07, 6.45) is 0.453.